The summed E-state index contributed by atoms with van der Waals surface area (Å²) in [5.74, 6) is 2.08. The van der Waals surface area contributed by atoms with Crippen molar-refractivity contribution >= 4 is 0 Å². The van der Waals surface area contributed by atoms with Crippen LogP contribution in [0, 0.1) is 11.8 Å². The highest BCUT2D eigenvalue weighted by atomic mass is 15.2. The van der Waals surface area contributed by atoms with Crippen LogP contribution in [0.4, 0.5) is 0 Å². The molecule has 1 heterocycles. The summed E-state index contributed by atoms with van der Waals surface area (Å²) in [6.07, 6.45) is 10.4. The lowest BCUT2D eigenvalue weighted by Crippen LogP contribution is -2.39. The minimum absolute atomic E-state index is 0.955. The Labute approximate surface area is 99.8 Å². The van der Waals surface area contributed by atoms with Crippen LogP contribution in [-0.4, -0.2) is 37.1 Å². The van der Waals surface area contributed by atoms with Crippen LogP contribution in [0.5, 0.6) is 0 Å². The second-order valence-corrected chi connectivity index (χ2v) is 6.08. The largest absolute Gasteiger partial charge is 0.315 e. The van der Waals surface area contributed by atoms with Crippen molar-refractivity contribution in [2.45, 2.75) is 51.0 Å². The van der Waals surface area contributed by atoms with Gasteiger partial charge in [-0.3, -0.25) is 4.90 Å². The van der Waals surface area contributed by atoms with Crippen molar-refractivity contribution in [2.24, 2.45) is 11.8 Å². The van der Waals surface area contributed by atoms with Crippen LogP contribution in [0.3, 0.4) is 0 Å². The summed E-state index contributed by atoms with van der Waals surface area (Å²) in [7, 11) is 0. The molecule has 0 aromatic rings. The Bertz CT molecular complexity index is 225. The van der Waals surface area contributed by atoms with Gasteiger partial charge in [-0.2, -0.15) is 0 Å². The van der Waals surface area contributed by atoms with Gasteiger partial charge in [-0.15, -0.1) is 0 Å². The third-order valence-corrected chi connectivity index (χ3v) is 4.83. The lowest BCUT2D eigenvalue weighted by atomic mass is 9.85. The van der Waals surface area contributed by atoms with Crippen molar-refractivity contribution in [3.05, 3.63) is 0 Å². The molecule has 0 aromatic carbocycles. The van der Waals surface area contributed by atoms with Gasteiger partial charge >= 0.3 is 0 Å². The lowest BCUT2D eigenvalue weighted by Gasteiger charge is -2.31. The third kappa shape index (κ3) is 2.60. The van der Waals surface area contributed by atoms with Gasteiger partial charge in [-0.1, -0.05) is 12.8 Å². The molecule has 2 unspecified atom stereocenters. The fourth-order valence-corrected chi connectivity index (χ4v) is 3.63. The Balaban J connectivity index is 1.37. The van der Waals surface area contributed by atoms with E-state index in [1.54, 1.807) is 0 Å². The van der Waals surface area contributed by atoms with Crippen molar-refractivity contribution in [2.75, 3.05) is 26.2 Å². The Morgan fingerprint density at radius 3 is 2.75 bits per heavy atom. The van der Waals surface area contributed by atoms with Crippen LogP contribution in [-0.2, 0) is 0 Å². The van der Waals surface area contributed by atoms with Gasteiger partial charge < -0.3 is 5.32 Å². The van der Waals surface area contributed by atoms with Gasteiger partial charge in [0.2, 0.25) is 0 Å². The number of nitrogens with one attached hydrogen (secondary N) is 1. The molecule has 3 rings (SSSR count). The zero-order chi connectivity index (χ0) is 10.8. The average Bonchev–Trinajstić information content (AvgIpc) is 3.05. The fourth-order valence-electron chi connectivity index (χ4n) is 3.63. The number of likely N-dealkylation sites (tertiary alicyclic amines) is 1. The Morgan fingerprint density at radius 2 is 1.88 bits per heavy atom. The third-order valence-electron chi connectivity index (χ3n) is 4.83. The van der Waals surface area contributed by atoms with Gasteiger partial charge in [-0.25, -0.2) is 0 Å². The molecule has 0 aromatic heterocycles. The van der Waals surface area contributed by atoms with E-state index in [9.17, 15) is 0 Å². The second kappa shape index (κ2) is 5.05. The first-order chi connectivity index (χ1) is 7.93. The maximum absolute atomic E-state index is 3.63. The summed E-state index contributed by atoms with van der Waals surface area (Å²) in [6.45, 7) is 5.18. The van der Waals surface area contributed by atoms with Crippen LogP contribution in [0.25, 0.3) is 0 Å². The Hall–Kier alpha value is -0.0800. The summed E-state index contributed by atoms with van der Waals surface area (Å²) in [6, 6.07) is 0.955. The molecule has 2 aliphatic carbocycles. The van der Waals surface area contributed by atoms with E-state index < -0.39 is 0 Å². The second-order valence-electron chi connectivity index (χ2n) is 6.08. The van der Waals surface area contributed by atoms with Gasteiger partial charge in [0, 0.05) is 19.1 Å². The number of hydrogen-bond donors (Lipinski definition) is 1. The maximum atomic E-state index is 3.63. The first kappa shape index (κ1) is 11.0. The van der Waals surface area contributed by atoms with E-state index >= 15 is 0 Å². The maximum Gasteiger partial charge on any atom is 0.0124 e. The molecule has 3 aliphatic rings. The molecule has 0 bridgehead atoms. The van der Waals surface area contributed by atoms with Crippen molar-refractivity contribution < 1.29 is 0 Å². The van der Waals surface area contributed by atoms with Crippen LogP contribution in [0.2, 0.25) is 0 Å². The molecule has 2 nitrogen and oxygen atoms in total. The van der Waals surface area contributed by atoms with E-state index in [4.69, 9.17) is 0 Å². The minimum atomic E-state index is 0.955. The van der Waals surface area contributed by atoms with Crippen molar-refractivity contribution in [1.82, 2.24) is 10.2 Å². The highest BCUT2D eigenvalue weighted by molar-refractivity contribution is 4.89. The predicted molar refractivity (Wildman–Crippen MR) is 67.5 cm³/mol. The van der Waals surface area contributed by atoms with E-state index in [1.807, 2.05) is 0 Å². The molecule has 2 atom stereocenters. The molecule has 92 valence electrons. The molecular weight excluding hydrogens is 196 g/mol. The average molecular weight is 222 g/mol. The number of nitrogens with zero attached hydrogens (tertiary/aromatic N) is 1. The quantitative estimate of drug-likeness (QED) is 0.718. The molecule has 0 spiro atoms. The summed E-state index contributed by atoms with van der Waals surface area (Å²) >= 11 is 0. The summed E-state index contributed by atoms with van der Waals surface area (Å²) < 4.78 is 0. The summed E-state index contributed by atoms with van der Waals surface area (Å²) in [4.78, 5) is 2.77. The van der Waals surface area contributed by atoms with Crippen LogP contribution < -0.4 is 5.32 Å². The highest BCUT2D eigenvalue weighted by Crippen LogP contribution is 2.35. The Morgan fingerprint density at radius 1 is 1.00 bits per heavy atom. The molecule has 2 saturated carbocycles. The van der Waals surface area contributed by atoms with Crippen LogP contribution in [0.1, 0.15) is 44.9 Å². The summed E-state index contributed by atoms with van der Waals surface area (Å²) in [5, 5.41) is 3.63. The van der Waals surface area contributed by atoms with Crippen molar-refractivity contribution in [1.29, 1.82) is 0 Å². The Kier molecular flexibility index (Phi) is 3.49. The summed E-state index contributed by atoms with van der Waals surface area (Å²) in [5.41, 5.74) is 0. The van der Waals surface area contributed by atoms with Crippen LogP contribution in [0.15, 0.2) is 0 Å². The van der Waals surface area contributed by atoms with E-state index in [0.29, 0.717) is 0 Å². The highest BCUT2D eigenvalue weighted by Gasteiger charge is 2.34. The molecule has 1 saturated heterocycles. The van der Waals surface area contributed by atoms with E-state index in [0.717, 1.165) is 17.9 Å². The molecule has 1 aliphatic heterocycles. The van der Waals surface area contributed by atoms with Gasteiger partial charge in [0.25, 0.3) is 0 Å². The van der Waals surface area contributed by atoms with Crippen molar-refractivity contribution in [3.8, 4) is 0 Å². The number of hydrogen-bond acceptors (Lipinski definition) is 2. The SMILES string of the molecule is C1CCC2C(C1)CCN2CCNCC1CC1. The monoisotopic (exact) mass is 222 g/mol. The van der Waals surface area contributed by atoms with Crippen LogP contribution >= 0.6 is 0 Å². The molecule has 2 heteroatoms. The molecule has 1 N–H and O–H groups in total. The normalized spacial score (nSPS) is 35.2. The molecule has 3 fully saturated rings. The molecule has 16 heavy (non-hydrogen) atoms. The van der Waals surface area contributed by atoms with Gasteiger partial charge in [0.1, 0.15) is 0 Å². The first-order valence-electron chi connectivity index (χ1n) is 7.38. The van der Waals surface area contributed by atoms with Gasteiger partial charge in [0.15, 0.2) is 0 Å². The zero-order valence-corrected chi connectivity index (χ0v) is 10.5. The van der Waals surface area contributed by atoms with Crippen molar-refractivity contribution in [3.63, 3.8) is 0 Å². The van der Waals surface area contributed by atoms with Gasteiger partial charge in [-0.05, 0) is 57.0 Å². The fraction of sp³-hybridized carbons (Fsp3) is 1.00. The first-order valence-corrected chi connectivity index (χ1v) is 7.38. The molecule has 0 radical (unpaired) electrons. The number of fused-ring (bicyclic) bond motifs is 1. The van der Waals surface area contributed by atoms with E-state index in [2.05, 4.69) is 10.2 Å². The molecular formula is C14H26N2. The van der Waals surface area contributed by atoms with E-state index in [-0.39, 0.29) is 0 Å². The lowest BCUT2D eigenvalue weighted by molar-refractivity contribution is 0.183. The smallest absolute Gasteiger partial charge is 0.0124 e. The zero-order valence-electron chi connectivity index (χ0n) is 10.5. The number of rotatable bonds is 5. The predicted octanol–water partition coefficient (Wildman–Crippen LogP) is 2.25. The molecule has 0 amide bonds. The topological polar surface area (TPSA) is 15.3 Å². The van der Waals surface area contributed by atoms with Gasteiger partial charge in [0.05, 0.1) is 0 Å². The standard InChI is InChI=1S/C14H26N2/c1-2-4-14-13(3-1)7-9-16(14)10-8-15-11-12-5-6-12/h12-15H,1-11H2. The minimum Gasteiger partial charge on any atom is -0.315 e. The van der Waals surface area contributed by atoms with E-state index in [1.165, 1.54) is 71.1 Å².